The first kappa shape index (κ1) is 12.4. The van der Waals surface area contributed by atoms with Crippen LogP contribution in [-0.2, 0) is 7.05 Å². The summed E-state index contributed by atoms with van der Waals surface area (Å²) < 4.78 is 1.73. The highest BCUT2D eigenvalue weighted by Gasteiger charge is 2.12. The Bertz CT molecular complexity index is 568. The molecule has 2 rings (SSSR count). The summed E-state index contributed by atoms with van der Waals surface area (Å²) in [6.07, 6.45) is 1.52. The second kappa shape index (κ2) is 4.64. The zero-order valence-electron chi connectivity index (χ0n) is 10.7. The lowest BCUT2D eigenvalue weighted by Crippen LogP contribution is -1.95. The molecule has 4 heteroatoms. The SMILES string of the molecule is CC(C)c1ccc(-c2nc(C(=O)O)cn2C)cc1. The molecule has 1 aromatic heterocycles. The van der Waals surface area contributed by atoms with Gasteiger partial charge in [-0.15, -0.1) is 0 Å². The molecule has 0 unspecified atom stereocenters. The number of aromatic carboxylic acids is 1. The summed E-state index contributed by atoms with van der Waals surface area (Å²) in [5, 5.41) is 8.91. The highest BCUT2D eigenvalue weighted by Crippen LogP contribution is 2.21. The molecule has 0 radical (unpaired) electrons. The third-order valence-corrected chi connectivity index (χ3v) is 2.93. The summed E-state index contributed by atoms with van der Waals surface area (Å²) in [4.78, 5) is 15.0. The Labute approximate surface area is 106 Å². The quantitative estimate of drug-likeness (QED) is 0.903. The van der Waals surface area contributed by atoms with Crippen molar-refractivity contribution in [3.63, 3.8) is 0 Å². The molecule has 1 heterocycles. The molecule has 0 bridgehead atoms. The van der Waals surface area contributed by atoms with E-state index < -0.39 is 5.97 Å². The van der Waals surface area contributed by atoms with Crippen molar-refractivity contribution in [2.75, 3.05) is 0 Å². The van der Waals surface area contributed by atoms with Crippen LogP contribution in [-0.4, -0.2) is 20.6 Å². The van der Waals surface area contributed by atoms with Gasteiger partial charge in [0, 0.05) is 18.8 Å². The van der Waals surface area contributed by atoms with Crippen LogP contribution in [0.2, 0.25) is 0 Å². The Kier molecular flexibility index (Phi) is 3.19. The lowest BCUT2D eigenvalue weighted by molar-refractivity contribution is 0.0691. The first-order valence-electron chi connectivity index (χ1n) is 5.86. The lowest BCUT2D eigenvalue weighted by Gasteiger charge is -2.06. The van der Waals surface area contributed by atoms with E-state index in [4.69, 9.17) is 5.11 Å². The normalized spacial score (nSPS) is 10.9. The van der Waals surface area contributed by atoms with Crippen molar-refractivity contribution >= 4 is 5.97 Å². The molecule has 0 aliphatic rings. The second-order valence-electron chi connectivity index (χ2n) is 4.64. The number of hydrogen-bond donors (Lipinski definition) is 1. The van der Waals surface area contributed by atoms with Gasteiger partial charge in [-0.2, -0.15) is 0 Å². The topological polar surface area (TPSA) is 55.1 Å². The molecule has 0 saturated heterocycles. The Balaban J connectivity index is 2.39. The van der Waals surface area contributed by atoms with Crippen LogP contribution in [0.3, 0.4) is 0 Å². The van der Waals surface area contributed by atoms with Gasteiger partial charge in [-0.3, -0.25) is 0 Å². The van der Waals surface area contributed by atoms with Gasteiger partial charge < -0.3 is 9.67 Å². The number of imidazole rings is 1. The fraction of sp³-hybridized carbons (Fsp3) is 0.286. The largest absolute Gasteiger partial charge is 0.476 e. The van der Waals surface area contributed by atoms with E-state index in [2.05, 4.69) is 31.0 Å². The van der Waals surface area contributed by atoms with Crippen molar-refractivity contribution < 1.29 is 9.90 Å². The third-order valence-electron chi connectivity index (χ3n) is 2.93. The van der Waals surface area contributed by atoms with Crippen molar-refractivity contribution in [3.8, 4) is 11.4 Å². The van der Waals surface area contributed by atoms with Gasteiger partial charge in [-0.25, -0.2) is 9.78 Å². The average Bonchev–Trinajstić information content (AvgIpc) is 2.71. The van der Waals surface area contributed by atoms with Crippen molar-refractivity contribution in [1.82, 2.24) is 9.55 Å². The van der Waals surface area contributed by atoms with E-state index in [0.717, 1.165) is 5.56 Å². The fourth-order valence-electron chi connectivity index (χ4n) is 1.85. The molecule has 0 amide bonds. The minimum Gasteiger partial charge on any atom is -0.476 e. The predicted molar refractivity (Wildman–Crippen MR) is 69.7 cm³/mol. The van der Waals surface area contributed by atoms with E-state index in [1.807, 2.05) is 12.1 Å². The van der Waals surface area contributed by atoms with Crippen LogP contribution in [0.4, 0.5) is 0 Å². The van der Waals surface area contributed by atoms with Crippen LogP contribution < -0.4 is 0 Å². The van der Waals surface area contributed by atoms with Crippen LogP contribution in [0.15, 0.2) is 30.5 Å². The third kappa shape index (κ3) is 2.27. The minimum absolute atomic E-state index is 0.0698. The molecule has 4 nitrogen and oxygen atoms in total. The highest BCUT2D eigenvalue weighted by atomic mass is 16.4. The zero-order chi connectivity index (χ0) is 13.3. The number of carboxylic acid groups (broad SMARTS) is 1. The molecule has 0 saturated carbocycles. The smallest absolute Gasteiger partial charge is 0.356 e. The molecular formula is C14H16N2O2. The molecular weight excluding hydrogens is 228 g/mol. The molecule has 94 valence electrons. The lowest BCUT2D eigenvalue weighted by atomic mass is 10.0. The van der Waals surface area contributed by atoms with Crippen LogP contribution in [0.1, 0.15) is 35.8 Å². The van der Waals surface area contributed by atoms with Crippen molar-refractivity contribution in [2.45, 2.75) is 19.8 Å². The van der Waals surface area contributed by atoms with Crippen molar-refractivity contribution in [1.29, 1.82) is 0 Å². The maximum absolute atomic E-state index is 10.9. The van der Waals surface area contributed by atoms with Gasteiger partial charge in [-0.05, 0) is 11.5 Å². The van der Waals surface area contributed by atoms with Gasteiger partial charge in [0.2, 0.25) is 0 Å². The van der Waals surface area contributed by atoms with Gasteiger partial charge in [0.25, 0.3) is 0 Å². The van der Waals surface area contributed by atoms with Gasteiger partial charge in [0.1, 0.15) is 5.82 Å². The summed E-state index contributed by atoms with van der Waals surface area (Å²) in [6.45, 7) is 4.27. The van der Waals surface area contributed by atoms with Crippen LogP contribution in [0, 0.1) is 0 Å². The molecule has 0 atom stereocenters. The van der Waals surface area contributed by atoms with Gasteiger partial charge in [0.15, 0.2) is 5.69 Å². The summed E-state index contributed by atoms with van der Waals surface area (Å²) >= 11 is 0. The van der Waals surface area contributed by atoms with Crippen molar-refractivity contribution in [2.24, 2.45) is 7.05 Å². The molecule has 0 fully saturated rings. The number of rotatable bonds is 3. The van der Waals surface area contributed by atoms with E-state index >= 15 is 0 Å². The van der Waals surface area contributed by atoms with E-state index in [0.29, 0.717) is 11.7 Å². The highest BCUT2D eigenvalue weighted by molar-refractivity contribution is 5.86. The van der Waals surface area contributed by atoms with Gasteiger partial charge in [-0.1, -0.05) is 38.1 Å². The number of aryl methyl sites for hydroxylation is 1. The van der Waals surface area contributed by atoms with Gasteiger partial charge >= 0.3 is 5.97 Å². The first-order chi connectivity index (χ1) is 8.49. The minimum atomic E-state index is -1.00. The number of carboxylic acids is 1. The number of hydrogen-bond acceptors (Lipinski definition) is 2. The Hall–Kier alpha value is -2.10. The van der Waals surface area contributed by atoms with Crippen LogP contribution >= 0.6 is 0 Å². The predicted octanol–water partition coefficient (Wildman–Crippen LogP) is 2.91. The summed E-state index contributed by atoms with van der Waals surface area (Å²) in [5.74, 6) is 0.147. The maximum Gasteiger partial charge on any atom is 0.356 e. The maximum atomic E-state index is 10.9. The van der Waals surface area contributed by atoms with Crippen molar-refractivity contribution in [3.05, 3.63) is 41.7 Å². The number of carbonyl (C=O) groups is 1. The van der Waals surface area contributed by atoms with E-state index in [9.17, 15) is 4.79 Å². The molecule has 2 aromatic rings. The Morgan fingerprint density at radius 3 is 2.33 bits per heavy atom. The molecule has 18 heavy (non-hydrogen) atoms. The first-order valence-corrected chi connectivity index (χ1v) is 5.86. The Morgan fingerprint density at radius 2 is 1.89 bits per heavy atom. The average molecular weight is 244 g/mol. The molecule has 0 aliphatic carbocycles. The summed E-state index contributed by atoms with van der Waals surface area (Å²) in [7, 11) is 1.80. The van der Waals surface area contributed by atoms with Crippen LogP contribution in [0.25, 0.3) is 11.4 Å². The molecule has 0 spiro atoms. The summed E-state index contributed by atoms with van der Waals surface area (Å²) in [6, 6.07) is 8.05. The second-order valence-corrected chi connectivity index (χ2v) is 4.64. The number of aromatic nitrogens is 2. The van der Waals surface area contributed by atoms with Crippen LogP contribution in [0.5, 0.6) is 0 Å². The van der Waals surface area contributed by atoms with E-state index in [-0.39, 0.29) is 5.69 Å². The molecule has 1 aromatic carbocycles. The van der Waals surface area contributed by atoms with E-state index in [1.165, 1.54) is 11.8 Å². The number of benzene rings is 1. The molecule has 0 aliphatic heterocycles. The standard InChI is InChI=1S/C14H16N2O2/c1-9(2)10-4-6-11(7-5-10)13-15-12(14(17)18)8-16(13)3/h4-9H,1-3H3,(H,17,18). The fourth-order valence-corrected chi connectivity index (χ4v) is 1.85. The monoisotopic (exact) mass is 244 g/mol. The molecule has 1 N–H and O–H groups in total. The zero-order valence-corrected chi connectivity index (χ0v) is 10.7. The van der Waals surface area contributed by atoms with Gasteiger partial charge in [0.05, 0.1) is 0 Å². The summed E-state index contributed by atoms with van der Waals surface area (Å²) in [5.41, 5.74) is 2.25. The Morgan fingerprint density at radius 1 is 1.28 bits per heavy atom. The number of nitrogens with zero attached hydrogens (tertiary/aromatic N) is 2. The van der Waals surface area contributed by atoms with E-state index in [1.54, 1.807) is 11.6 Å².